The zero-order chi connectivity index (χ0) is 16.0. The Hall–Kier alpha value is -1.86. The van der Waals surface area contributed by atoms with Gasteiger partial charge in [-0.2, -0.15) is 0 Å². The Morgan fingerprint density at radius 2 is 1.50 bits per heavy atom. The Kier molecular flexibility index (Phi) is 5.56. The molecule has 0 aliphatic carbocycles. The molecule has 0 unspecified atom stereocenters. The molecule has 0 radical (unpaired) electrons. The molecule has 0 fully saturated rings. The second-order valence-corrected chi connectivity index (χ2v) is 11.5. The molecule has 0 aliphatic heterocycles. The molecular formula is C21H26Si. The van der Waals surface area contributed by atoms with E-state index in [0.717, 1.165) is 6.42 Å². The second kappa shape index (κ2) is 7.41. The van der Waals surface area contributed by atoms with Crippen LogP contribution in [0.5, 0.6) is 0 Å². The van der Waals surface area contributed by atoms with E-state index in [-0.39, 0.29) is 0 Å². The Bertz CT molecular complexity index is 636. The molecule has 0 saturated heterocycles. The molecule has 2 rings (SSSR count). The minimum absolute atomic E-state index is 0.998. The van der Waals surface area contributed by atoms with Gasteiger partial charge < -0.3 is 0 Å². The maximum Gasteiger partial charge on any atom is 0.0846 e. The van der Waals surface area contributed by atoms with Gasteiger partial charge in [0.2, 0.25) is 0 Å². The van der Waals surface area contributed by atoms with Crippen LogP contribution < -0.4 is 5.19 Å². The summed E-state index contributed by atoms with van der Waals surface area (Å²) in [4.78, 5) is 0. The number of hydrogen-bond acceptors (Lipinski definition) is 0. The molecule has 2 aromatic rings. The van der Waals surface area contributed by atoms with Crippen LogP contribution in [0.15, 0.2) is 78.4 Å². The van der Waals surface area contributed by atoms with Crippen molar-refractivity contribution in [3.63, 3.8) is 0 Å². The fourth-order valence-electron chi connectivity index (χ4n) is 2.90. The van der Waals surface area contributed by atoms with Gasteiger partial charge in [0.25, 0.3) is 0 Å². The zero-order valence-electron chi connectivity index (χ0n) is 14.0. The highest BCUT2D eigenvalue weighted by molar-refractivity contribution is 6.90. The van der Waals surface area contributed by atoms with Crippen LogP contribution in [-0.2, 0) is 0 Å². The number of benzene rings is 2. The Morgan fingerprint density at radius 1 is 0.955 bits per heavy atom. The summed E-state index contributed by atoms with van der Waals surface area (Å²) in [5.41, 5.74) is 4.02. The lowest BCUT2D eigenvalue weighted by molar-refractivity contribution is 1.11. The van der Waals surface area contributed by atoms with E-state index >= 15 is 0 Å². The molecule has 1 heteroatoms. The van der Waals surface area contributed by atoms with Gasteiger partial charge in [-0.15, -0.1) is 0 Å². The molecule has 0 N–H and O–H groups in total. The van der Waals surface area contributed by atoms with Crippen molar-refractivity contribution in [2.24, 2.45) is 0 Å². The van der Waals surface area contributed by atoms with Crippen LogP contribution in [0.1, 0.15) is 18.9 Å². The molecule has 2 aromatic carbocycles. The first-order valence-electron chi connectivity index (χ1n) is 7.92. The molecular weight excluding hydrogens is 280 g/mol. The van der Waals surface area contributed by atoms with Crippen LogP contribution in [0.4, 0.5) is 0 Å². The van der Waals surface area contributed by atoms with E-state index in [1.807, 2.05) is 0 Å². The van der Waals surface area contributed by atoms with E-state index in [9.17, 15) is 0 Å². The maximum absolute atomic E-state index is 4.11. The smallest absolute Gasteiger partial charge is 0.0846 e. The molecule has 0 heterocycles. The van der Waals surface area contributed by atoms with Crippen molar-refractivity contribution in [3.05, 3.63) is 84.0 Å². The van der Waals surface area contributed by atoms with Gasteiger partial charge in [0.05, 0.1) is 8.07 Å². The summed E-state index contributed by atoms with van der Waals surface area (Å²) in [6, 6.07) is 22.8. The van der Waals surface area contributed by atoms with Gasteiger partial charge in [0.1, 0.15) is 0 Å². The van der Waals surface area contributed by atoms with Gasteiger partial charge >= 0.3 is 0 Å². The van der Waals surface area contributed by atoms with E-state index < -0.39 is 8.07 Å². The van der Waals surface area contributed by atoms with Gasteiger partial charge in [-0.3, -0.25) is 0 Å². The maximum atomic E-state index is 4.11. The summed E-state index contributed by atoms with van der Waals surface area (Å²) in [6.07, 6.45) is 3.35. The van der Waals surface area contributed by atoms with Gasteiger partial charge in [-0.05, 0) is 25.0 Å². The standard InChI is InChI=1S/C21H26Si/c1-18(2)15-20(16-19-11-7-5-8-12-19)17-22(3,4)21-13-9-6-10-14-21/h5-14,16H,1,15,17H2,2-4H3/b20-16-. The third-order valence-corrected chi connectivity index (χ3v) is 7.16. The van der Waals surface area contributed by atoms with Crippen molar-refractivity contribution in [2.75, 3.05) is 0 Å². The molecule has 0 aliphatic rings. The number of hydrogen-bond donors (Lipinski definition) is 0. The fourth-order valence-corrected chi connectivity index (χ4v) is 5.56. The molecule has 0 atom stereocenters. The van der Waals surface area contributed by atoms with Gasteiger partial charge in [0.15, 0.2) is 0 Å². The van der Waals surface area contributed by atoms with Crippen molar-refractivity contribution >= 4 is 19.3 Å². The van der Waals surface area contributed by atoms with Crippen molar-refractivity contribution in [1.29, 1.82) is 0 Å². The third-order valence-electron chi connectivity index (χ3n) is 3.92. The van der Waals surface area contributed by atoms with Crippen molar-refractivity contribution in [2.45, 2.75) is 32.5 Å². The first-order valence-corrected chi connectivity index (χ1v) is 11.1. The third kappa shape index (κ3) is 4.85. The molecule has 0 nitrogen and oxygen atoms in total. The molecule has 0 bridgehead atoms. The predicted octanol–water partition coefficient (Wildman–Crippen LogP) is 5.65. The van der Waals surface area contributed by atoms with Crippen molar-refractivity contribution in [1.82, 2.24) is 0 Å². The first kappa shape index (κ1) is 16.5. The normalized spacial score (nSPS) is 12.2. The quantitative estimate of drug-likeness (QED) is 0.478. The molecule has 114 valence electrons. The molecule has 0 spiro atoms. The Labute approximate surface area is 136 Å². The van der Waals surface area contributed by atoms with Crippen LogP contribution in [0.2, 0.25) is 19.1 Å². The second-order valence-electron chi connectivity index (χ2n) is 6.77. The number of rotatable bonds is 6. The van der Waals surface area contributed by atoms with E-state index in [1.54, 1.807) is 0 Å². The average Bonchev–Trinajstić information content (AvgIpc) is 2.48. The SMILES string of the molecule is C=C(C)C/C(=C/c1ccccc1)C[Si](C)(C)c1ccccc1. The van der Waals surface area contributed by atoms with Crippen LogP contribution >= 0.6 is 0 Å². The lowest BCUT2D eigenvalue weighted by Gasteiger charge is -2.25. The lowest BCUT2D eigenvalue weighted by Crippen LogP contribution is -2.41. The summed E-state index contributed by atoms with van der Waals surface area (Å²) >= 11 is 0. The van der Waals surface area contributed by atoms with E-state index in [0.29, 0.717) is 0 Å². The molecule has 0 saturated carbocycles. The predicted molar refractivity (Wildman–Crippen MR) is 102 cm³/mol. The first-order chi connectivity index (χ1) is 10.5. The minimum Gasteiger partial charge on any atom is -0.0998 e. The molecule has 0 amide bonds. The summed E-state index contributed by atoms with van der Waals surface area (Å²) in [6.45, 7) is 11.2. The van der Waals surface area contributed by atoms with E-state index in [2.05, 4.69) is 93.3 Å². The Balaban J connectivity index is 2.27. The van der Waals surface area contributed by atoms with Gasteiger partial charge in [-0.1, -0.05) is 103 Å². The number of allylic oxidation sites excluding steroid dienone is 2. The van der Waals surface area contributed by atoms with Gasteiger partial charge in [-0.25, -0.2) is 0 Å². The summed E-state index contributed by atoms with van der Waals surface area (Å²) in [5.74, 6) is 0. The lowest BCUT2D eigenvalue weighted by atomic mass is 10.1. The highest BCUT2D eigenvalue weighted by Crippen LogP contribution is 2.24. The van der Waals surface area contributed by atoms with Crippen molar-refractivity contribution < 1.29 is 0 Å². The van der Waals surface area contributed by atoms with Crippen molar-refractivity contribution in [3.8, 4) is 0 Å². The largest absolute Gasteiger partial charge is 0.0998 e. The van der Waals surface area contributed by atoms with Crippen LogP contribution in [0, 0.1) is 0 Å². The van der Waals surface area contributed by atoms with E-state index in [4.69, 9.17) is 0 Å². The highest BCUT2D eigenvalue weighted by atomic mass is 28.3. The average molecular weight is 307 g/mol. The monoisotopic (exact) mass is 306 g/mol. The van der Waals surface area contributed by atoms with Crippen LogP contribution in [0.3, 0.4) is 0 Å². The van der Waals surface area contributed by atoms with Crippen LogP contribution in [0.25, 0.3) is 6.08 Å². The zero-order valence-corrected chi connectivity index (χ0v) is 15.0. The van der Waals surface area contributed by atoms with Gasteiger partial charge in [0, 0.05) is 0 Å². The summed E-state index contributed by atoms with van der Waals surface area (Å²) in [7, 11) is -1.47. The Morgan fingerprint density at radius 3 is 2.05 bits per heavy atom. The summed E-state index contributed by atoms with van der Waals surface area (Å²) < 4.78 is 0. The van der Waals surface area contributed by atoms with E-state index in [1.165, 1.54) is 27.9 Å². The molecule has 22 heavy (non-hydrogen) atoms. The topological polar surface area (TPSA) is 0 Å². The fraction of sp³-hybridized carbons (Fsp3) is 0.238. The summed E-state index contributed by atoms with van der Waals surface area (Å²) in [5, 5.41) is 1.52. The minimum atomic E-state index is -1.47. The highest BCUT2D eigenvalue weighted by Gasteiger charge is 2.24. The van der Waals surface area contributed by atoms with Crippen LogP contribution in [-0.4, -0.2) is 8.07 Å². The molecule has 0 aromatic heterocycles.